The third-order valence-corrected chi connectivity index (χ3v) is 4.87. The molecule has 0 aliphatic carbocycles. The largest absolute Gasteiger partial charge is 0.467 e. The molecular formula is C20H22ClN5O5. The van der Waals surface area contributed by atoms with Gasteiger partial charge in [-0.05, 0) is 38.5 Å². The number of carbonyl (C=O) groups is 2. The van der Waals surface area contributed by atoms with Crippen molar-refractivity contribution in [3.05, 3.63) is 57.4 Å². The lowest BCUT2D eigenvalue weighted by Gasteiger charge is -2.22. The predicted octanol–water partition coefficient (Wildman–Crippen LogP) is 1.78. The number of esters is 1. The molecule has 31 heavy (non-hydrogen) atoms. The van der Waals surface area contributed by atoms with Gasteiger partial charge in [0.1, 0.15) is 17.8 Å². The first kappa shape index (κ1) is 22.3. The Hall–Kier alpha value is -3.40. The van der Waals surface area contributed by atoms with Gasteiger partial charge in [-0.25, -0.2) is 14.6 Å². The highest BCUT2D eigenvalue weighted by Crippen LogP contribution is 2.20. The molecule has 0 aliphatic rings. The fourth-order valence-corrected chi connectivity index (χ4v) is 3.06. The summed E-state index contributed by atoms with van der Waals surface area (Å²) in [5, 5.41) is 7.22. The fraction of sp³-hybridized carbons (Fsp3) is 0.350. The summed E-state index contributed by atoms with van der Waals surface area (Å²) < 4.78 is 12.6. The van der Waals surface area contributed by atoms with Crippen molar-refractivity contribution in [2.75, 3.05) is 7.11 Å². The number of nitrogens with one attached hydrogen (secondary N) is 1. The van der Waals surface area contributed by atoms with Crippen LogP contribution in [0.2, 0.25) is 5.02 Å². The van der Waals surface area contributed by atoms with Crippen LogP contribution in [0.25, 0.3) is 11.6 Å². The molecule has 0 saturated carbocycles. The lowest BCUT2D eigenvalue weighted by atomic mass is 10.1. The molecule has 0 spiro atoms. The second-order valence-corrected chi connectivity index (χ2v) is 7.86. The van der Waals surface area contributed by atoms with Gasteiger partial charge in [0, 0.05) is 17.3 Å². The Morgan fingerprint density at radius 3 is 2.58 bits per heavy atom. The summed E-state index contributed by atoms with van der Waals surface area (Å²) in [5.74, 6) is -2.02. The molecule has 0 atom stereocenters. The minimum atomic E-state index is -1.25. The van der Waals surface area contributed by atoms with Gasteiger partial charge in [-0.2, -0.15) is 4.68 Å². The third-order valence-electron chi connectivity index (χ3n) is 4.62. The molecule has 11 heteroatoms. The van der Waals surface area contributed by atoms with Gasteiger partial charge in [0.25, 0.3) is 5.89 Å². The lowest BCUT2D eigenvalue weighted by Crippen LogP contribution is -2.51. The highest BCUT2D eigenvalue weighted by molar-refractivity contribution is 6.30. The van der Waals surface area contributed by atoms with Crippen LogP contribution in [0.3, 0.4) is 0 Å². The molecule has 1 N–H and O–H groups in total. The van der Waals surface area contributed by atoms with E-state index in [0.29, 0.717) is 17.3 Å². The first-order chi connectivity index (χ1) is 14.6. The van der Waals surface area contributed by atoms with E-state index in [0.717, 1.165) is 15.9 Å². The van der Waals surface area contributed by atoms with E-state index in [9.17, 15) is 14.4 Å². The van der Waals surface area contributed by atoms with Crippen LogP contribution in [-0.2, 0) is 27.4 Å². The SMILES string of the molecule is COC(=O)C(C)(C)NC(=O)Cn1nc(-c2ncn(Cc3ccc(Cl)cc3)c2C)oc1=O. The zero-order chi connectivity index (χ0) is 22.8. The van der Waals surface area contributed by atoms with Crippen LogP contribution >= 0.6 is 11.6 Å². The first-order valence-electron chi connectivity index (χ1n) is 9.34. The monoisotopic (exact) mass is 447 g/mol. The summed E-state index contributed by atoms with van der Waals surface area (Å²) in [7, 11) is 1.22. The van der Waals surface area contributed by atoms with E-state index in [4.69, 9.17) is 16.0 Å². The van der Waals surface area contributed by atoms with Crippen molar-refractivity contribution in [2.45, 2.75) is 39.4 Å². The average molecular weight is 448 g/mol. The number of hydrogen-bond acceptors (Lipinski definition) is 7. The number of rotatable bonds is 7. The van der Waals surface area contributed by atoms with Crippen LogP contribution in [-0.4, -0.2) is 43.9 Å². The summed E-state index contributed by atoms with van der Waals surface area (Å²) in [4.78, 5) is 40.4. The minimum Gasteiger partial charge on any atom is -0.467 e. The zero-order valence-electron chi connectivity index (χ0n) is 17.5. The number of aromatic nitrogens is 4. The molecule has 10 nitrogen and oxygen atoms in total. The van der Waals surface area contributed by atoms with Gasteiger partial charge in [-0.3, -0.25) is 4.79 Å². The normalized spacial score (nSPS) is 11.4. The fourth-order valence-electron chi connectivity index (χ4n) is 2.93. The predicted molar refractivity (Wildman–Crippen MR) is 112 cm³/mol. The summed E-state index contributed by atoms with van der Waals surface area (Å²) >= 11 is 5.92. The van der Waals surface area contributed by atoms with E-state index in [1.54, 1.807) is 18.5 Å². The summed E-state index contributed by atoms with van der Waals surface area (Å²) in [5.41, 5.74) is 0.895. The van der Waals surface area contributed by atoms with Crippen LogP contribution in [0, 0.1) is 6.92 Å². The maximum atomic E-state index is 12.3. The Morgan fingerprint density at radius 2 is 1.94 bits per heavy atom. The molecule has 0 saturated heterocycles. The number of halogens is 1. The standard InChI is InChI=1S/C20H22ClN5O5/c1-12-16(22-11-25(12)9-13-5-7-14(21)8-6-13)17-24-26(19(29)31-17)10-15(27)23-20(2,3)18(28)30-4/h5-8,11H,9-10H2,1-4H3,(H,23,27). The summed E-state index contributed by atoms with van der Waals surface area (Å²) in [6.07, 6.45) is 1.61. The Bertz CT molecular complexity index is 1160. The summed E-state index contributed by atoms with van der Waals surface area (Å²) in [6, 6.07) is 7.42. The van der Waals surface area contributed by atoms with Crippen LogP contribution in [0.5, 0.6) is 0 Å². The zero-order valence-corrected chi connectivity index (χ0v) is 18.3. The van der Waals surface area contributed by atoms with E-state index in [1.165, 1.54) is 21.0 Å². The van der Waals surface area contributed by atoms with Gasteiger partial charge in [-0.1, -0.05) is 23.7 Å². The maximum absolute atomic E-state index is 12.3. The van der Waals surface area contributed by atoms with Gasteiger partial charge in [0.05, 0.1) is 13.4 Å². The van der Waals surface area contributed by atoms with Crippen molar-refractivity contribution in [3.63, 3.8) is 0 Å². The van der Waals surface area contributed by atoms with Gasteiger partial charge < -0.3 is 19.0 Å². The molecule has 0 radical (unpaired) electrons. The number of carbonyl (C=O) groups excluding carboxylic acids is 2. The van der Waals surface area contributed by atoms with E-state index in [-0.39, 0.29) is 5.89 Å². The van der Waals surface area contributed by atoms with Crippen LogP contribution in [0.4, 0.5) is 0 Å². The second-order valence-electron chi connectivity index (χ2n) is 7.43. The molecule has 3 rings (SSSR count). The smallest absolute Gasteiger partial charge is 0.437 e. The topological polar surface area (TPSA) is 121 Å². The molecular weight excluding hydrogens is 426 g/mol. The number of nitrogens with zero attached hydrogens (tertiary/aromatic N) is 4. The van der Waals surface area contributed by atoms with Gasteiger partial charge in [0.2, 0.25) is 5.91 Å². The van der Waals surface area contributed by atoms with Crippen LogP contribution in [0.15, 0.2) is 39.8 Å². The molecule has 2 aromatic heterocycles. The van der Waals surface area contributed by atoms with Gasteiger partial charge in [-0.15, -0.1) is 5.10 Å². The van der Waals surface area contributed by atoms with E-state index in [1.807, 2.05) is 23.6 Å². The Balaban J connectivity index is 1.76. The third kappa shape index (κ3) is 5.02. The van der Waals surface area contributed by atoms with Gasteiger partial charge >= 0.3 is 11.7 Å². The molecule has 0 unspecified atom stereocenters. The lowest BCUT2D eigenvalue weighted by molar-refractivity contribution is -0.149. The van der Waals surface area contributed by atoms with Crippen molar-refractivity contribution < 1.29 is 18.7 Å². The van der Waals surface area contributed by atoms with E-state index in [2.05, 4.69) is 20.1 Å². The number of ether oxygens (including phenoxy) is 1. The number of methoxy groups -OCH3 is 1. The Kier molecular flexibility index (Phi) is 6.30. The van der Waals surface area contributed by atoms with Crippen molar-refractivity contribution in [1.82, 2.24) is 24.6 Å². The molecule has 1 amide bonds. The Labute approximate surface area is 182 Å². The van der Waals surface area contributed by atoms with Crippen molar-refractivity contribution in [3.8, 4) is 11.6 Å². The van der Waals surface area contributed by atoms with Crippen LogP contribution < -0.4 is 11.1 Å². The van der Waals surface area contributed by atoms with Crippen LogP contribution in [0.1, 0.15) is 25.1 Å². The molecule has 1 aromatic carbocycles. The second kappa shape index (κ2) is 8.76. The number of benzene rings is 1. The highest BCUT2D eigenvalue weighted by atomic mass is 35.5. The first-order valence-corrected chi connectivity index (χ1v) is 9.72. The quantitative estimate of drug-likeness (QED) is 0.548. The van der Waals surface area contributed by atoms with E-state index < -0.39 is 29.7 Å². The average Bonchev–Trinajstić information content (AvgIpc) is 3.25. The molecule has 0 bridgehead atoms. The highest BCUT2D eigenvalue weighted by Gasteiger charge is 2.31. The van der Waals surface area contributed by atoms with Crippen molar-refractivity contribution in [2.24, 2.45) is 0 Å². The minimum absolute atomic E-state index is 0.00242. The van der Waals surface area contributed by atoms with E-state index >= 15 is 0 Å². The number of amides is 1. The summed E-state index contributed by atoms with van der Waals surface area (Å²) in [6.45, 7) is 4.93. The van der Waals surface area contributed by atoms with Crippen molar-refractivity contribution >= 4 is 23.5 Å². The molecule has 0 aliphatic heterocycles. The molecule has 164 valence electrons. The number of hydrogen-bond donors (Lipinski definition) is 1. The van der Waals surface area contributed by atoms with Gasteiger partial charge in [0.15, 0.2) is 0 Å². The Morgan fingerprint density at radius 1 is 1.26 bits per heavy atom. The molecule has 2 heterocycles. The molecule has 0 fully saturated rings. The maximum Gasteiger partial charge on any atom is 0.437 e. The number of imidazole rings is 1. The molecule has 3 aromatic rings. The van der Waals surface area contributed by atoms with Crippen molar-refractivity contribution in [1.29, 1.82) is 0 Å².